The number of methoxy groups -OCH3 is 1. The smallest absolute Gasteiger partial charge is 0.251 e. The van der Waals surface area contributed by atoms with E-state index in [1.54, 1.807) is 13.2 Å². The molecule has 0 aromatic heterocycles. The molecule has 0 saturated heterocycles. The SMILES string of the molecule is COCCCCCNC(=O)c1ccc(N)c(O)c1. The summed E-state index contributed by atoms with van der Waals surface area (Å²) < 4.78 is 4.94. The van der Waals surface area contributed by atoms with Crippen molar-refractivity contribution in [3.63, 3.8) is 0 Å². The second kappa shape index (κ2) is 7.55. The molecule has 0 radical (unpaired) electrons. The summed E-state index contributed by atoms with van der Waals surface area (Å²) in [6.07, 6.45) is 2.92. The van der Waals surface area contributed by atoms with Gasteiger partial charge >= 0.3 is 0 Å². The van der Waals surface area contributed by atoms with Gasteiger partial charge in [0, 0.05) is 25.8 Å². The van der Waals surface area contributed by atoms with E-state index in [2.05, 4.69) is 5.32 Å². The maximum Gasteiger partial charge on any atom is 0.251 e. The molecule has 100 valence electrons. The molecular formula is C13H20N2O3. The minimum Gasteiger partial charge on any atom is -0.506 e. The molecule has 0 aliphatic carbocycles. The van der Waals surface area contributed by atoms with Gasteiger partial charge in [-0.05, 0) is 37.5 Å². The molecule has 5 nitrogen and oxygen atoms in total. The Labute approximate surface area is 107 Å². The maximum atomic E-state index is 11.7. The van der Waals surface area contributed by atoms with Crippen LogP contribution in [0.5, 0.6) is 5.75 Å². The highest BCUT2D eigenvalue weighted by molar-refractivity contribution is 5.95. The van der Waals surface area contributed by atoms with Crippen molar-refractivity contribution in [2.75, 3.05) is 26.0 Å². The van der Waals surface area contributed by atoms with E-state index >= 15 is 0 Å². The van der Waals surface area contributed by atoms with E-state index < -0.39 is 0 Å². The number of rotatable bonds is 7. The van der Waals surface area contributed by atoms with Crippen molar-refractivity contribution in [3.8, 4) is 5.75 Å². The second-order valence-electron chi connectivity index (χ2n) is 4.08. The Balaban J connectivity index is 2.30. The van der Waals surface area contributed by atoms with Gasteiger partial charge in [0.2, 0.25) is 0 Å². The number of nitrogens with one attached hydrogen (secondary N) is 1. The molecule has 4 N–H and O–H groups in total. The lowest BCUT2D eigenvalue weighted by atomic mass is 10.1. The molecule has 1 aromatic carbocycles. The van der Waals surface area contributed by atoms with Gasteiger partial charge in [0.25, 0.3) is 5.91 Å². The number of benzene rings is 1. The molecule has 1 aromatic rings. The van der Waals surface area contributed by atoms with E-state index in [9.17, 15) is 9.90 Å². The summed E-state index contributed by atoms with van der Waals surface area (Å²) in [6, 6.07) is 4.48. The quantitative estimate of drug-likeness (QED) is 0.390. The number of carbonyl (C=O) groups excluding carboxylic acids is 1. The summed E-state index contributed by atoms with van der Waals surface area (Å²) >= 11 is 0. The van der Waals surface area contributed by atoms with Gasteiger partial charge in [-0.25, -0.2) is 0 Å². The predicted molar refractivity (Wildman–Crippen MR) is 70.6 cm³/mol. The fraction of sp³-hybridized carbons (Fsp3) is 0.462. The van der Waals surface area contributed by atoms with Gasteiger partial charge in [-0.15, -0.1) is 0 Å². The van der Waals surface area contributed by atoms with Crippen LogP contribution >= 0.6 is 0 Å². The van der Waals surface area contributed by atoms with Crippen LogP contribution in [0, 0.1) is 0 Å². The van der Waals surface area contributed by atoms with Crippen molar-refractivity contribution in [1.82, 2.24) is 5.32 Å². The number of aromatic hydroxyl groups is 1. The van der Waals surface area contributed by atoms with E-state index in [0.29, 0.717) is 12.1 Å². The Hall–Kier alpha value is -1.75. The zero-order chi connectivity index (χ0) is 13.4. The summed E-state index contributed by atoms with van der Waals surface area (Å²) in [4.78, 5) is 11.7. The molecule has 5 heteroatoms. The standard InChI is InChI=1S/C13H20N2O3/c1-18-8-4-2-3-7-15-13(17)10-5-6-11(14)12(16)9-10/h5-6,9,16H,2-4,7-8,14H2,1H3,(H,15,17). The van der Waals surface area contributed by atoms with Crippen LogP contribution in [0.25, 0.3) is 0 Å². The van der Waals surface area contributed by atoms with E-state index in [0.717, 1.165) is 25.9 Å². The largest absolute Gasteiger partial charge is 0.506 e. The van der Waals surface area contributed by atoms with Crippen LogP contribution in [-0.4, -0.2) is 31.3 Å². The van der Waals surface area contributed by atoms with Crippen molar-refractivity contribution in [3.05, 3.63) is 23.8 Å². The number of amides is 1. The van der Waals surface area contributed by atoms with Crippen LogP contribution in [0.2, 0.25) is 0 Å². The summed E-state index contributed by atoms with van der Waals surface area (Å²) in [6.45, 7) is 1.37. The third-order valence-electron chi connectivity index (χ3n) is 2.60. The third-order valence-corrected chi connectivity index (χ3v) is 2.60. The first kappa shape index (κ1) is 14.3. The Bertz CT molecular complexity index is 394. The Kier molecular flexibility index (Phi) is 6.00. The third kappa shape index (κ3) is 4.63. The molecule has 0 bridgehead atoms. The minimum atomic E-state index is -0.197. The Morgan fingerprint density at radius 3 is 2.83 bits per heavy atom. The van der Waals surface area contributed by atoms with E-state index in [1.165, 1.54) is 12.1 Å². The number of nitrogens with two attached hydrogens (primary N) is 1. The van der Waals surface area contributed by atoms with Crippen LogP contribution < -0.4 is 11.1 Å². The van der Waals surface area contributed by atoms with Gasteiger partial charge < -0.3 is 20.9 Å². The number of phenols is 1. The fourth-order valence-electron chi connectivity index (χ4n) is 1.54. The highest BCUT2D eigenvalue weighted by atomic mass is 16.5. The van der Waals surface area contributed by atoms with Gasteiger partial charge in [-0.1, -0.05) is 0 Å². The first-order valence-corrected chi connectivity index (χ1v) is 6.00. The minimum absolute atomic E-state index is 0.0669. The first-order chi connectivity index (χ1) is 8.65. The first-order valence-electron chi connectivity index (χ1n) is 6.00. The molecule has 18 heavy (non-hydrogen) atoms. The predicted octanol–water partition coefficient (Wildman–Crippen LogP) is 1.52. The zero-order valence-corrected chi connectivity index (χ0v) is 10.6. The van der Waals surface area contributed by atoms with Gasteiger partial charge in [-0.3, -0.25) is 4.79 Å². The number of unbranched alkanes of at least 4 members (excludes halogenated alkanes) is 2. The maximum absolute atomic E-state index is 11.7. The lowest BCUT2D eigenvalue weighted by molar-refractivity contribution is 0.0952. The van der Waals surface area contributed by atoms with E-state index in [4.69, 9.17) is 10.5 Å². The van der Waals surface area contributed by atoms with Gasteiger partial charge in [0.1, 0.15) is 5.75 Å². The molecule has 0 spiro atoms. The van der Waals surface area contributed by atoms with Crippen molar-refractivity contribution >= 4 is 11.6 Å². The normalized spacial score (nSPS) is 10.3. The fourth-order valence-corrected chi connectivity index (χ4v) is 1.54. The average Bonchev–Trinajstić information content (AvgIpc) is 2.36. The molecule has 0 saturated carbocycles. The van der Waals surface area contributed by atoms with Crippen molar-refractivity contribution < 1.29 is 14.6 Å². The summed E-state index contributed by atoms with van der Waals surface area (Å²) in [5.41, 5.74) is 6.15. The molecule has 0 aliphatic rings. The lowest BCUT2D eigenvalue weighted by Crippen LogP contribution is -2.24. The molecule has 1 amide bonds. The van der Waals surface area contributed by atoms with Crippen LogP contribution in [0.15, 0.2) is 18.2 Å². The summed E-state index contributed by atoms with van der Waals surface area (Å²) in [7, 11) is 1.68. The van der Waals surface area contributed by atoms with Crippen LogP contribution in [0.4, 0.5) is 5.69 Å². The van der Waals surface area contributed by atoms with Crippen LogP contribution in [0.1, 0.15) is 29.6 Å². The number of nitrogen functional groups attached to an aromatic ring is 1. The molecule has 0 heterocycles. The second-order valence-corrected chi connectivity index (χ2v) is 4.08. The number of hydrogen-bond acceptors (Lipinski definition) is 4. The summed E-state index contributed by atoms with van der Waals surface area (Å²) in [5.74, 6) is -0.264. The highest BCUT2D eigenvalue weighted by Crippen LogP contribution is 2.20. The van der Waals surface area contributed by atoms with E-state index in [1.807, 2.05) is 0 Å². The Morgan fingerprint density at radius 1 is 1.39 bits per heavy atom. The lowest BCUT2D eigenvalue weighted by Gasteiger charge is -2.06. The van der Waals surface area contributed by atoms with Gasteiger partial charge in [0.05, 0.1) is 5.69 Å². The molecule has 0 unspecified atom stereocenters. The van der Waals surface area contributed by atoms with Gasteiger partial charge in [-0.2, -0.15) is 0 Å². The number of ether oxygens (including phenoxy) is 1. The monoisotopic (exact) mass is 252 g/mol. The van der Waals surface area contributed by atoms with E-state index in [-0.39, 0.29) is 17.3 Å². The molecular weight excluding hydrogens is 232 g/mol. The molecule has 0 atom stereocenters. The van der Waals surface area contributed by atoms with Crippen molar-refractivity contribution in [2.45, 2.75) is 19.3 Å². The molecule has 1 rings (SSSR count). The average molecular weight is 252 g/mol. The molecule has 0 fully saturated rings. The number of phenolic OH excluding ortho intramolecular Hbond substituents is 1. The summed E-state index contributed by atoms with van der Waals surface area (Å²) in [5, 5.41) is 12.2. The number of hydrogen-bond donors (Lipinski definition) is 3. The number of anilines is 1. The molecule has 0 aliphatic heterocycles. The number of carbonyl (C=O) groups is 1. The Morgan fingerprint density at radius 2 is 2.17 bits per heavy atom. The van der Waals surface area contributed by atoms with Gasteiger partial charge in [0.15, 0.2) is 0 Å². The van der Waals surface area contributed by atoms with Crippen LogP contribution in [-0.2, 0) is 4.74 Å². The topological polar surface area (TPSA) is 84.6 Å². The zero-order valence-electron chi connectivity index (χ0n) is 10.6. The van der Waals surface area contributed by atoms with Crippen molar-refractivity contribution in [1.29, 1.82) is 0 Å². The van der Waals surface area contributed by atoms with Crippen LogP contribution in [0.3, 0.4) is 0 Å². The highest BCUT2D eigenvalue weighted by Gasteiger charge is 2.06. The van der Waals surface area contributed by atoms with Crippen molar-refractivity contribution in [2.24, 2.45) is 0 Å².